The molecule has 2 heterocycles. The lowest BCUT2D eigenvalue weighted by Gasteiger charge is -2.13. The average molecular weight is 222 g/mol. The molecule has 0 unspecified atom stereocenters. The van der Waals surface area contributed by atoms with E-state index in [0.29, 0.717) is 0 Å². The molecule has 0 aromatic carbocycles. The summed E-state index contributed by atoms with van der Waals surface area (Å²) in [5.74, 6) is 0. The van der Waals surface area contributed by atoms with Gasteiger partial charge >= 0.3 is 0 Å². The predicted molar refractivity (Wildman–Crippen MR) is 66.3 cm³/mol. The number of nitrogens with one attached hydrogen (secondary N) is 1. The Hall–Kier alpha value is -0.670. The van der Waals surface area contributed by atoms with E-state index in [-0.39, 0.29) is 5.41 Å². The van der Waals surface area contributed by atoms with Crippen LogP contribution in [0.15, 0.2) is 11.0 Å². The summed E-state index contributed by atoms with van der Waals surface area (Å²) in [6.45, 7) is 8.76. The Morgan fingerprint density at radius 2 is 2.27 bits per heavy atom. The molecule has 2 rings (SSSR count). The zero-order valence-corrected chi connectivity index (χ0v) is 10.4. The van der Waals surface area contributed by atoms with Crippen LogP contribution in [0.25, 0.3) is 6.08 Å². The van der Waals surface area contributed by atoms with Crippen LogP contribution in [0.2, 0.25) is 0 Å². The van der Waals surface area contributed by atoms with E-state index < -0.39 is 0 Å². The van der Waals surface area contributed by atoms with Crippen LogP contribution in [-0.4, -0.2) is 18.1 Å². The number of hydrogen-bond acceptors (Lipinski definition) is 3. The second-order valence-corrected chi connectivity index (χ2v) is 5.94. The molecule has 1 fully saturated rings. The normalized spacial score (nSPS) is 20.1. The van der Waals surface area contributed by atoms with Crippen molar-refractivity contribution >= 4 is 17.4 Å². The summed E-state index contributed by atoms with van der Waals surface area (Å²) in [6.07, 6.45) is 3.41. The van der Waals surface area contributed by atoms with Gasteiger partial charge in [0.15, 0.2) is 0 Å². The Balaban J connectivity index is 2.17. The lowest BCUT2D eigenvalue weighted by atomic mass is 9.93. The van der Waals surface area contributed by atoms with Crippen molar-refractivity contribution in [3.05, 3.63) is 21.7 Å². The Morgan fingerprint density at radius 1 is 1.47 bits per heavy atom. The van der Waals surface area contributed by atoms with Crippen molar-refractivity contribution in [1.29, 1.82) is 0 Å². The smallest absolute Gasteiger partial charge is 0.116 e. The molecule has 0 spiro atoms. The molecule has 0 atom stereocenters. The number of rotatable bonds is 1. The first kappa shape index (κ1) is 10.8. The van der Waals surface area contributed by atoms with Crippen LogP contribution in [-0.2, 0) is 5.41 Å². The maximum atomic E-state index is 4.66. The summed E-state index contributed by atoms with van der Waals surface area (Å²) in [5.41, 5.74) is 2.84. The second-order valence-electron chi connectivity index (χ2n) is 5.05. The van der Waals surface area contributed by atoms with E-state index in [4.69, 9.17) is 0 Å². The fourth-order valence-corrected chi connectivity index (χ4v) is 2.61. The van der Waals surface area contributed by atoms with Crippen LogP contribution < -0.4 is 5.32 Å². The summed E-state index contributed by atoms with van der Waals surface area (Å²) < 4.78 is 0. The first-order valence-electron chi connectivity index (χ1n) is 5.42. The number of hydrogen-bond donors (Lipinski definition) is 1. The van der Waals surface area contributed by atoms with Crippen molar-refractivity contribution in [2.24, 2.45) is 0 Å². The van der Waals surface area contributed by atoms with Crippen LogP contribution >= 0.6 is 11.3 Å². The van der Waals surface area contributed by atoms with Crippen molar-refractivity contribution < 1.29 is 0 Å². The molecule has 1 aliphatic heterocycles. The molecule has 2 nitrogen and oxygen atoms in total. The van der Waals surface area contributed by atoms with E-state index in [1.54, 1.807) is 11.3 Å². The fourth-order valence-electron chi connectivity index (χ4n) is 1.58. The van der Waals surface area contributed by atoms with E-state index in [1.807, 2.05) is 0 Å². The van der Waals surface area contributed by atoms with E-state index in [2.05, 4.69) is 42.5 Å². The minimum absolute atomic E-state index is 0.168. The fraction of sp³-hybridized carbons (Fsp3) is 0.583. The Bertz CT molecular complexity index is 363. The summed E-state index contributed by atoms with van der Waals surface area (Å²) in [6, 6.07) is 0. The maximum Gasteiger partial charge on any atom is 0.116 e. The molecule has 0 bridgehead atoms. The summed E-state index contributed by atoms with van der Waals surface area (Å²) >= 11 is 1.75. The molecule has 1 saturated heterocycles. The molecule has 15 heavy (non-hydrogen) atoms. The molecule has 3 heteroatoms. The molecule has 1 aromatic rings. The van der Waals surface area contributed by atoms with Gasteiger partial charge in [0, 0.05) is 17.3 Å². The molecule has 1 aromatic heterocycles. The van der Waals surface area contributed by atoms with Crippen LogP contribution in [0.5, 0.6) is 0 Å². The van der Waals surface area contributed by atoms with Crippen LogP contribution in [0, 0.1) is 0 Å². The Morgan fingerprint density at radius 3 is 2.80 bits per heavy atom. The molecule has 82 valence electrons. The minimum Gasteiger partial charge on any atom is -0.313 e. The average Bonchev–Trinajstić information content (AvgIpc) is 2.73. The van der Waals surface area contributed by atoms with Crippen LogP contribution in [0.1, 0.15) is 37.9 Å². The lowest BCUT2D eigenvalue weighted by Crippen LogP contribution is -2.11. The molecule has 0 aliphatic carbocycles. The van der Waals surface area contributed by atoms with Gasteiger partial charge in [-0.15, -0.1) is 11.3 Å². The zero-order valence-electron chi connectivity index (χ0n) is 9.63. The first-order valence-corrected chi connectivity index (χ1v) is 6.30. The standard InChI is InChI=1S/C12H18N2S/c1-12(2,3)10-8-15-11(14-10)6-9-4-5-13-7-9/h6,8,13H,4-5,7H2,1-3H3. The van der Waals surface area contributed by atoms with Crippen molar-refractivity contribution in [3.8, 4) is 0 Å². The largest absolute Gasteiger partial charge is 0.313 e. The van der Waals surface area contributed by atoms with E-state index in [9.17, 15) is 0 Å². The highest BCUT2D eigenvalue weighted by atomic mass is 32.1. The molecule has 0 radical (unpaired) electrons. The lowest BCUT2D eigenvalue weighted by molar-refractivity contribution is 0.572. The van der Waals surface area contributed by atoms with Gasteiger partial charge < -0.3 is 5.32 Å². The van der Waals surface area contributed by atoms with E-state index in [0.717, 1.165) is 18.1 Å². The Kier molecular flexibility index (Phi) is 2.94. The topological polar surface area (TPSA) is 24.9 Å². The summed E-state index contributed by atoms with van der Waals surface area (Å²) in [4.78, 5) is 4.66. The van der Waals surface area contributed by atoms with Gasteiger partial charge in [-0.25, -0.2) is 4.98 Å². The van der Waals surface area contributed by atoms with Crippen molar-refractivity contribution in [3.63, 3.8) is 0 Å². The van der Waals surface area contributed by atoms with Gasteiger partial charge in [0.2, 0.25) is 0 Å². The highest BCUT2D eigenvalue weighted by Crippen LogP contribution is 2.25. The van der Waals surface area contributed by atoms with Gasteiger partial charge in [0.05, 0.1) is 5.69 Å². The van der Waals surface area contributed by atoms with Crippen molar-refractivity contribution in [1.82, 2.24) is 10.3 Å². The van der Waals surface area contributed by atoms with Crippen molar-refractivity contribution in [2.75, 3.05) is 13.1 Å². The number of nitrogens with zero attached hydrogens (tertiary/aromatic N) is 1. The molecular formula is C12H18N2S. The quantitative estimate of drug-likeness (QED) is 0.790. The number of thiazole rings is 1. The highest BCUT2D eigenvalue weighted by molar-refractivity contribution is 7.10. The van der Waals surface area contributed by atoms with Gasteiger partial charge in [-0.2, -0.15) is 0 Å². The predicted octanol–water partition coefficient (Wildman–Crippen LogP) is 2.82. The zero-order chi connectivity index (χ0) is 10.9. The second kappa shape index (κ2) is 4.06. The van der Waals surface area contributed by atoms with Gasteiger partial charge in [-0.05, 0) is 19.0 Å². The molecule has 0 saturated carbocycles. The highest BCUT2D eigenvalue weighted by Gasteiger charge is 2.17. The van der Waals surface area contributed by atoms with Crippen molar-refractivity contribution in [2.45, 2.75) is 32.6 Å². The third-order valence-corrected chi connectivity index (χ3v) is 3.38. The minimum atomic E-state index is 0.168. The van der Waals surface area contributed by atoms with Gasteiger partial charge in [0.25, 0.3) is 0 Å². The first-order chi connectivity index (χ1) is 7.05. The van der Waals surface area contributed by atoms with E-state index in [1.165, 1.54) is 17.7 Å². The summed E-state index contributed by atoms with van der Waals surface area (Å²) in [7, 11) is 0. The van der Waals surface area contributed by atoms with Gasteiger partial charge in [0.1, 0.15) is 5.01 Å². The van der Waals surface area contributed by atoms with Crippen LogP contribution in [0.4, 0.5) is 0 Å². The monoisotopic (exact) mass is 222 g/mol. The van der Waals surface area contributed by atoms with E-state index >= 15 is 0 Å². The number of aromatic nitrogens is 1. The molecule has 1 aliphatic rings. The Labute approximate surface area is 95.4 Å². The summed E-state index contributed by atoms with van der Waals surface area (Å²) in [5, 5.41) is 6.67. The molecule has 0 amide bonds. The molecule has 1 N–H and O–H groups in total. The SMILES string of the molecule is CC(C)(C)c1csc(C=C2CCNC2)n1. The third-order valence-electron chi connectivity index (χ3n) is 2.59. The molecular weight excluding hydrogens is 204 g/mol. The van der Waals surface area contributed by atoms with Gasteiger partial charge in [-0.1, -0.05) is 26.3 Å². The maximum absolute atomic E-state index is 4.66. The third kappa shape index (κ3) is 2.67. The van der Waals surface area contributed by atoms with Gasteiger partial charge in [-0.3, -0.25) is 0 Å². The van der Waals surface area contributed by atoms with Crippen LogP contribution in [0.3, 0.4) is 0 Å².